The van der Waals surface area contributed by atoms with E-state index in [4.69, 9.17) is 22.1 Å². The van der Waals surface area contributed by atoms with Gasteiger partial charge in [0.25, 0.3) is 0 Å². The number of carbonyl (C=O) groups is 1. The Bertz CT molecular complexity index is 813. The number of ether oxygens (including phenoxy) is 1. The monoisotopic (exact) mass is 292 g/mol. The third-order valence-electron chi connectivity index (χ3n) is 2.89. The summed E-state index contributed by atoms with van der Waals surface area (Å²) in [6.45, 7) is 0. The molecule has 0 unspecified atom stereocenters. The van der Waals surface area contributed by atoms with Gasteiger partial charge in [-0.3, -0.25) is 4.98 Å². The molecule has 2 N–H and O–H groups in total. The van der Waals surface area contributed by atoms with Crippen LogP contribution in [0, 0.1) is 0 Å². The van der Waals surface area contributed by atoms with Crippen molar-refractivity contribution in [2.75, 3.05) is 12.8 Å². The first-order valence-electron chi connectivity index (χ1n) is 5.46. The predicted octanol–water partition coefficient (Wildman–Crippen LogP) is 3.47. The van der Waals surface area contributed by atoms with E-state index >= 15 is 0 Å². The van der Waals surface area contributed by atoms with E-state index in [2.05, 4.69) is 4.98 Å². The first-order chi connectivity index (χ1) is 9.11. The summed E-state index contributed by atoms with van der Waals surface area (Å²) in [6.07, 6.45) is 1.67. The Balaban J connectivity index is 2.42. The Morgan fingerprint density at radius 1 is 1.42 bits per heavy atom. The SMILES string of the molecule is COC(=O)c1sc2c(cnc3ccc(Cl)cc32)c1N. The number of thiophene rings is 1. The highest BCUT2D eigenvalue weighted by atomic mass is 35.5. The Labute approximate surface area is 117 Å². The highest BCUT2D eigenvalue weighted by Crippen LogP contribution is 2.38. The van der Waals surface area contributed by atoms with E-state index in [-0.39, 0.29) is 0 Å². The minimum atomic E-state index is -0.436. The van der Waals surface area contributed by atoms with E-state index in [1.165, 1.54) is 18.4 Å². The van der Waals surface area contributed by atoms with Gasteiger partial charge in [0.15, 0.2) is 0 Å². The highest BCUT2D eigenvalue weighted by Gasteiger charge is 2.18. The summed E-state index contributed by atoms with van der Waals surface area (Å²) in [5, 5.41) is 2.26. The third kappa shape index (κ3) is 1.82. The Kier molecular flexibility index (Phi) is 2.80. The zero-order valence-electron chi connectivity index (χ0n) is 9.94. The summed E-state index contributed by atoms with van der Waals surface area (Å²) in [5.41, 5.74) is 7.20. The van der Waals surface area contributed by atoms with Gasteiger partial charge < -0.3 is 10.5 Å². The molecule has 2 heterocycles. The molecule has 0 saturated heterocycles. The quantitative estimate of drug-likeness (QED) is 0.697. The van der Waals surface area contributed by atoms with Crippen LogP contribution in [0.15, 0.2) is 24.4 Å². The van der Waals surface area contributed by atoms with Crippen LogP contribution in [-0.2, 0) is 4.74 Å². The summed E-state index contributed by atoms with van der Waals surface area (Å²) >= 11 is 7.31. The molecule has 3 rings (SSSR count). The van der Waals surface area contributed by atoms with Crippen molar-refractivity contribution in [1.82, 2.24) is 4.98 Å². The van der Waals surface area contributed by atoms with E-state index in [1.807, 2.05) is 12.1 Å². The van der Waals surface area contributed by atoms with Gasteiger partial charge in [0.1, 0.15) is 4.88 Å². The summed E-state index contributed by atoms with van der Waals surface area (Å²) < 4.78 is 5.62. The number of nitrogens with two attached hydrogens (primary N) is 1. The fraction of sp³-hybridized carbons (Fsp3) is 0.0769. The summed E-state index contributed by atoms with van der Waals surface area (Å²) in [4.78, 5) is 16.4. The van der Waals surface area contributed by atoms with Crippen molar-refractivity contribution in [3.63, 3.8) is 0 Å². The predicted molar refractivity (Wildman–Crippen MR) is 77.9 cm³/mol. The molecule has 0 amide bonds. The smallest absolute Gasteiger partial charge is 0.350 e. The molecule has 3 aromatic rings. The Hall–Kier alpha value is -1.85. The molecule has 0 spiro atoms. The molecule has 0 aliphatic heterocycles. The third-order valence-corrected chi connectivity index (χ3v) is 4.36. The van der Waals surface area contributed by atoms with Crippen LogP contribution in [-0.4, -0.2) is 18.1 Å². The fourth-order valence-electron chi connectivity index (χ4n) is 1.97. The van der Waals surface area contributed by atoms with Crippen LogP contribution in [0.3, 0.4) is 0 Å². The lowest BCUT2D eigenvalue weighted by atomic mass is 10.1. The minimum Gasteiger partial charge on any atom is -0.465 e. The number of anilines is 1. The van der Waals surface area contributed by atoms with Crippen molar-refractivity contribution >= 4 is 55.6 Å². The average Bonchev–Trinajstić information content (AvgIpc) is 2.76. The van der Waals surface area contributed by atoms with Gasteiger partial charge in [0.05, 0.1) is 18.3 Å². The number of fused-ring (bicyclic) bond motifs is 3. The van der Waals surface area contributed by atoms with E-state index < -0.39 is 5.97 Å². The number of rotatable bonds is 1. The minimum absolute atomic E-state index is 0.395. The number of halogens is 1. The fourth-order valence-corrected chi connectivity index (χ4v) is 3.27. The van der Waals surface area contributed by atoms with Gasteiger partial charge >= 0.3 is 5.97 Å². The van der Waals surface area contributed by atoms with Gasteiger partial charge in [-0.1, -0.05) is 11.6 Å². The summed E-state index contributed by atoms with van der Waals surface area (Å²) in [6, 6.07) is 5.44. The van der Waals surface area contributed by atoms with Crippen LogP contribution in [0.4, 0.5) is 5.69 Å². The molecule has 0 radical (unpaired) electrons. The molecule has 0 aliphatic carbocycles. The second kappa shape index (κ2) is 4.36. The van der Waals surface area contributed by atoms with Gasteiger partial charge in [0.2, 0.25) is 0 Å². The van der Waals surface area contributed by atoms with Crippen molar-refractivity contribution in [2.45, 2.75) is 0 Å². The van der Waals surface area contributed by atoms with Crippen molar-refractivity contribution in [3.05, 3.63) is 34.3 Å². The van der Waals surface area contributed by atoms with Crippen molar-refractivity contribution < 1.29 is 9.53 Å². The van der Waals surface area contributed by atoms with E-state index in [0.717, 1.165) is 21.0 Å². The molecule has 4 nitrogen and oxygen atoms in total. The van der Waals surface area contributed by atoms with Gasteiger partial charge in [0, 0.05) is 26.7 Å². The van der Waals surface area contributed by atoms with Crippen LogP contribution in [0.5, 0.6) is 0 Å². The molecule has 96 valence electrons. The highest BCUT2D eigenvalue weighted by molar-refractivity contribution is 7.22. The summed E-state index contributed by atoms with van der Waals surface area (Å²) in [5.74, 6) is -0.436. The molecular weight excluding hydrogens is 284 g/mol. The van der Waals surface area contributed by atoms with Crippen molar-refractivity contribution in [3.8, 4) is 0 Å². The van der Waals surface area contributed by atoms with Crippen LogP contribution in [0.25, 0.3) is 21.0 Å². The number of benzene rings is 1. The Morgan fingerprint density at radius 3 is 2.95 bits per heavy atom. The number of pyridine rings is 1. The first kappa shape index (κ1) is 12.2. The number of nitrogen functional groups attached to an aromatic ring is 1. The second-order valence-corrected chi connectivity index (χ2v) is 5.46. The number of hydrogen-bond donors (Lipinski definition) is 1. The summed E-state index contributed by atoms with van der Waals surface area (Å²) in [7, 11) is 1.33. The van der Waals surface area contributed by atoms with Gasteiger partial charge in [-0.15, -0.1) is 11.3 Å². The Morgan fingerprint density at radius 2 is 2.21 bits per heavy atom. The number of methoxy groups -OCH3 is 1. The maximum atomic E-state index is 11.7. The van der Waals surface area contributed by atoms with Gasteiger partial charge in [-0.05, 0) is 18.2 Å². The number of carbonyl (C=O) groups excluding carboxylic acids is 1. The molecule has 19 heavy (non-hydrogen) atoms. The molecule has 0 fully saturated rings. The van der Waals surface area contributed by atoms with Crippen molar-refractivity contribution in [2.24, 2.45) is 0 Å². The zero-order chi connectivity index (χ0) is 13.6. The molecule has 2 aromatic heterocycles. The number of nitrogens with zero attached hydrogens (tertiary/aromatic N) is 1. The zero-order valence-corrected chi connectivity index (χ0v) is 11.5. The largest absolute Gasteiger partial charge is 0.465 e. The van der Waals surface area contributed by atoms with Crippen LogP contribution >= 0.6 is 22.9 Å². The normalized spacial score (nSPS) is 11.1. The maximum absolute atomic E-state index is 11.7. The van der Waals surface area contributed by atoms with Gasteiger partial charge in [-0.25, -0.2) is 4.79 Å². The molecule has 0 bridgehead atoms. The van der Waals surface area contributed by atoms with E-state index in [0.29, 0.717) is 15.6 Å². The van der Waals surface area contributed by atoms with E-state index in [1.54, 1.807) is 12.3 Å². The van der Waals surface area contributed by atoms with Crippen molar-refractivity contribution in [1.29, 1.82) is 0 Å². The van der Waals surface area contributed by atoms with Crippen LogP contribution < -0.4 is 5.73 Å². The number of esters is 1. The van der Waals surface area contributed by atoms with E-state index in [9.17, 15) is 4.79 Å². The topological polar surface area (TPSA) is 65.2 Å². The first-order valence-corrected chi connectivity index (χ1v) is 6.66. The molecule has 1 aromatic carbocycles. The molecular formula is C13H9ClN2O2S. The number of aromatic nitrogens is 1. The maximum Gasteiger partial charge on any atom is 0.350 e. The van der Waals surface area contributed by atoms with Gasteiger partial charge in [-0.2, -0.15) is 0 Å². The number of hydrogen-bond acceptors (Lipinski definition) is 5. The molecule has 6 heteroatoms. The molecule has 0 aliphatic rings. The molecule has 0 saturated carbocycles. The molecule has 0 atom stereocenters. The lowest BCUT2D eigenvalue weighted by molar-refractivity contribution is 0.0607. The van der Waals surface area contributed by atoms with Crippen LogP contribution in [0.2, 0.25) is 5.02 Å². The standard InChI is InChI=1S/C13H9ClN2O2S/c1-18-13(17)12-10(15)8-5-16-9-3-2-6(14)4-7(9)11(8)19-12/h2-5H,15H2,1H3. The second-order valence-electron chi connectivity index (χ2n) is 4.00. The van der Waals surface area contributed by atoms with Crippen LogP contribution in [0.1, 0.15) is 9.67 Å². The average molecular weight is 293 g/mol. The lowest BCUT2D eigenvalue weighted by Crippen LogP contribution is -2.01. The lowest BCUT2D eigenvalue weighted by Gasteiger charge is -1.99.